The Morgan fingerprint density at radius 3 is 2.80 bits per heavy atom. The minimum absolute atomic E-state index is 0.209. The first-order chi connectivity index (χ1) is 7.09. The van der Waals surface area contributed by atoms with E-state index in [1.807, 2.05) is 31.2 Å². The van der Waals surface area contributed by atoms with Crippen molar-refractivity contribution in [2.24, 2.45) is 0 Å². The van der Waals surface area contributed by atoms with Gasteiger partial charge in [-0.2, -0.15) is 0 Å². The number of hydrogen-bond acceptors (Lipinski definition) is 3. The minimum atomic E-state index is -0.747. The lowest BCUT2D eigenvalue weighted by atomic mass is 10.2. The van der Waals surface area contributed by atoms with Crippen molar-refractivity contribution < 1.29 is 9.90 Å². The van der Waals surface area contributed by atoms with Crippen molar-refractivity contribution in [2.75, 3.05) is 5.73 Å². The summed E-state index contributed by atoms with van der Waals surface area (Å²) >= 11 is 1.62. The average Bonchev–Trinajstić information content (AvgIpc) is 2.18. The normalized spacial score (nSPS) is 12.3. The molecule has 1 rings (SSSR count). The Balaban J connectivity index is 2.47. The Morgan fingerprint density at radius 1 is 1.53 bits per heavy atom. The highest BCUT2D eigenvalue weighted by Crippen LogP contribution is 2.30. The van der Waals surface area contributed by atoms with Crippen molar-refractivity contribution in [1.29, 1.82) is 0 Å². The molecule has 0 heterocycles. The van der Waals surface area contributed by atoms with Gasteiger partial charge in [0, 0.05) is 22.3 Å². The number of carboxylic acid groups (broad SMARTS) is 1. The monoisotopic (exact) mass is 225 g/mol. The first-order valence-electron chi connectivity index (χ1n) is 4.82. The maximum atomic E-state index is 10.4. The van der Waals surface area contributed by atoms with Crippen LogP contribution in [0.25, 0.3) is 0 Å². The second-order valence-corrected chi connectivity index (χ2v) is 4.88. The standard InChI is InChI=1S/C11H15NO2S/c1-8(6-7-11(13)14)15-10-5-3-2-4-9(10)12/h2-5,8H,6-7,12H2,1H3,(H,13,14). The van der Waals surface area contributed by atoms with Crippen LogP contribution in [0.5, 0.6) is 0 Å². The van der Waals surface area contributed by atoms with Gasteiger partial charge in [0.2, 0.25) is 0 Å². The molecule has 0 aliphatic rings. The lowest BCUT2D eigenvalue weighted by Crippen LogP contribution is -2.02. The molecule has 15 heavy (non-hydrogen) atoms. The molecule has 0 aliphatic heterocycles. The highest BCUT2D eigenvalue weighted by molar-refractivity contribution is 8.00. The third-order valence-electron chi connectivity index (χ3n) is 2.01. The Hall–Kier alpha value is -1.16. The van der Waals surface area contributed by atoms with Crippen LogP contribution >= 0.6 is 11.8 Å². The lowest BCUT2D eigenvalue weighted by molar-refractivity contribution is -0.137. The zero-order valence-corrected chi connectivity index (χ0v) is 9.46. The molecule has 1 unspecified atom stereocenters. The summed E-state index contributed by atoms with van der Waals surface area (Å²) in [5.41, 5.74) is 6.54. The smallest absolute Gasteiger partial charge is 0.303 e. The van der Waals surface area contributed by atoms with Gasteiger partial charge in [0.1, 0.15) is 0 Å². The summed E-state index contributed by atoms with van der Waals surface area (Å²) < 4.78 is 0. The van der Waals surface area contributed by atoms with Crippen LogP contribution in [0.1, 0.15) is 19.8 Å². The van der Waals surface area contributed by atoms with E-state index >= 15 is 0 Å². The van der Waals surface area contributed by atoms with E-state index in [-0.39, 0.29) is 11.7 Å². The third-order valence-corrected chi connectivity index (χ3v) is 3.28. The molecule has 0 bridgehead atoms. The summed E-state index contributed by atoms with van der Waals surface area (Å²) in [5, 5.41) is 8.82. The maximum absolute atomic E-state index is 10.4. The second kappa shape index (κ2) is 5.66. The molecule has 0 radical (unpaired) electrons. The maximum Gasteiger partial charge on any atom is 0.303 e. The Kier molecular flexibility index (Phi) is 4.49. The molecular weight excluding hydrogens is 210 g/mol. The Bertz CT molecular complexity index is 341. The van der Waals surface area contributed by atoms with Gasteiger partial charge in [0.05, 0.1) is 0 Å². The van der Waals surface area contributed by atoms with E-state index in [9.17, 15) is 4.79 Å². The summed E-state index contributed by atoms with van der Waals surface area (Å²) in [5.74, 6) is -0.747. The van der Waals surface area contributed by atoms with E-state index in [0.29, 0.717) is 6.42 Å². The summed E-state index contributed by atoms with van der Waals surface area (Å²) in [6.07, 6.45) is 0.870. The molecule has 1 aromatic rings. The highest BCUT2D eigenvalue weighted by Gasteiger charge is 2.08. The largest absolute Gasteiger partial charge is 0.481 e. The molecule has 0 fully saturated rings. The van der Waals surface area contributed by atoms with E-state index in [0.717, 1.165) is 10.6 Å². The average molecular weight is 225 g/mol. The number of thioether (sulfide) groups is 1. The van der Waals surface area contributed by atoms with E-state index in [1.54, 1.807) is 11.8 Å². The zero-order chi connectivity index (χ0) is 11.3. The topological polar surface area (TPSA) is 63.3 Å². The van der Waals surface area contributed by atoms with Crippen LogP contribution in [-0.4, -0.2) is 16.3 Å². The number of nitrogen functional groups attached to an aromatic ring is 1. The first kappa shape index (κ1) is 11.9. The molecule has 0 saturated heterocycles. The second-order valence-electron chi connectivity index (χ2n) is 3.40. The van der Waals surface area contributed by atoms with Gasteiger partial charge in [-0.3, -0.25) is 4.79 Å². The van der Waals surface area contributed by atoms with Crippen LogP contribution in [0.4, 0.5) is 5.69 Å². The first-order valence-corrected chi connectivity index (χ1v) is 5.70. The molecule has 0 amide bonds. The van der Waals surface area contributed by atoms with E-state index < -0.39 is 5.97 Å². The summed E-state index contributed by atoms with van der Waals surface area (Å²) in [6.45, 7) is 2.01. The SMILES string of the molecule is CC(CCC(=O)O)Sc1ccccc1N. The van der Waals surface area contributed by atoms with Crippen molar-refractivity contribution >= 4 is 23.4 Å². The molecule has 3 N–H and O–H groups in total. The quantitative estimate of drug-likeness (QED) is 0.597. The summed E-state index contributed by atoms with van der Waals surface area (Å²) in [4.78, 5) is 11.4. The number of carboxylic acids is 1. The number of aliphatic carboxylic acids is 1. The summed E-state index contributed by atoms with van der Waals surface area (Å²) in [6, 6.07) is 7.63. The fraction of sp³-hybridized carbons (Fsp3) is 0.364. The minimum Gasteiger partial charge on any atom is -0.481 e. The van der Waals surface area contributed by atoms with Gasteiger partial charge in [0.15, 0.2) is 0 Å². The van der Waals surface area contributed by atoms with Crippen molar-refractivity contribution in [3.8, 4) is 0 Å². The Morgan fingerprint density at radius 2 is 2.20 bits per heavy atom. The molecule has 4 heteroatoms. The predicted molar refractivity (Wildman–Crippen MR) is 63.0 cm³/mol. The molecule has 0 spiro atoms. The lowest BCUT2D eigenvalue weighted by Gasteiger charge is -2.11. The van der Waals surface area contributed by atoms with Gasteiger partial charge in [-0.25, -0.2) is 0 Å². The van der Waals surface area contributed by atoms with Gasteiger partial charge >= 0.3 is 5.97 Å². The van der Waals surface area contributed by atoms with Crippen LogP contribution in [0.15, 0.2) is 29.2 Å². The molecular formula is C11H15NO2S. The molecule has 0 aromatic heterocycles. The van der Waals surface area contributed by atoms with E-state index in [4.69, 9.17) is 10.8 Å². The van der Waals surface area contributed by atoms with Crippen LogP contribution in [-0.2, 0) is 4.79 Å². The van der Waals surface area contributed by atoms with E-state index in [1.165, 1.54) is 0 Å². The van der Waals surface area contributed by atoms with Gasteiger partial charge < -0.3 is 10.8 Å². The van der Waals surface area contributed by atoms with Crippen LogP contribution < -0.4 is 5.73 Å². The number of anilines is 1. The number of para-hydroxylation sites is 1. The molecule has 3 nitrogen and oxygen atoms in total. The van der Waals surface area contributed by atoms with Crippen molar-refractivity contribution in [3.05, 3.63) is 24.3 Å². The molecule has 82 valence electrons. The summed E-state index contributed by atoms with van der Waals surface area (Å²) in [7, 11) is 0. The van der Waals surface area contributed by atoms with Crippen LogP contribution in [0.3, 0.4) is 0 Å². The van der Waals surface area contributed by atoms with Crippen molar-refractivity contribution in [2.45, 2.75) is 29.9 Å². The molecule has 0 saturated carbocycles. The highest BCUT2D eigenvalue weighted by atomic mass is 32.2. The molecule has 1 atom stereocenters. The molecule has 1 aromatic carbocycles. The Labute approximate surface area is 93.7 Å². The van der Waals surface area contributed by atoms with E-state index in [2.05, 4.69) is 0 Å². The third kappa shape index (κ3) is 4.25. The van der Waals surface area contributed by atoms with Gasteiger partial charge in [-0.15, -0.1) is 11.8 Å². The van der Waals surface area contributed by atoms with Crippen molar-refractivity contribution in [3.63, 3.8) is 0 Å². The van der Waals surface area contributed by atoms with Crippen LogP contribution in [0.2, 0.25) is 0 Å². The van der Waals surface area contributed by atoms with Gasteiger partial charge in [0.25, 0.3) is 0 Å². The fourth-order valence-corrected chi connectivity index (χ4v) is 2.22. The number of rotatable bonds is 5. The fourth-order valence-electron chi connectivity index (χ4n) is 1.19. The van der Waals surface area contributed by atoms with Gasteiger partial charge in [-0.05, 0) is 18.6 Å². The zero-order valence-electron chi connectivity index (χ0n) is 8.64. The van der Waals surface area contributed by atoms with Crippen LogP contribution in [0, 0.1) is 0 Å². The van der Waals surface area contributed by atoms with Crippen molar-refractivity contribution in [1.82, 2.24) is 0 Å². The van der Waals surface area contributed by atoms with Gasteiger partial charge in [-0.1, -0.05) is 19.1 Å². The number of nitrogens with two attached hydrogens (primary N) is 1. The molecule has 0 aliphatic carbocycles. The number of benzene rings is 1. The number of carbonyl (C=O) groups is 1. The predicted octanol–water partition coefficient (Wildman–Crippen LogP) is 2.61. The number of hydrogen-bond donors (Lipinski definition) is 2.